The van der Waals surface area contributed by atoms with Crippen LogP contribution >= 0.6 is 0 Å². The number of carboxylic acids is 1. The Bertz CT molecular complexity index is 677. The summed E-state index contributed by atoms with van der Waals surface area (Å²) in [5.41, 5.74) is -0.125. The molecule has 2 saturated carbocycles. The van der Waals surface area contributed by atoms with Gasteiger partial charge in [-0.15, -0.1) is 0 Å². The summed E-state index contributed by atoms with van der Waals surface area (Å²) in [6, 6.07) is 6.57. The predicted molar refractivity (Wildman–Crippen MR) is 93.3 cm³/mol. The van der Waals surface area contributed by atoms with Crippen molar-refractivity contribution >= 4 is 23.5 Å². The molecule has 2 atom stereocenters. The van der Waals surface area contributed by atoms with Gasteiger partial charge in [-0.2, -0.15) is 0 Å². The summed E-state index contributed by atoms with van der Waals surface area (Å²) in [5.74, 6) is -0.824. The van der Waals surface area contributed by atoms with E-state index in [9.17, 15) is 19.5 Å². The zero-order chi connectivity index (χ0) is 18.0. The Hall–Kier alpha value is -2.37. The molecule has 0 heterocycles. The van der Waals surface area contributed by atoms with Crippen LogP contribution in [0.1, 0.15) is 55.8 Å². The van der Waals surface area contributed by atoms with Gasteiger partial charge < -0.3 is 15.7 Å². The monoisotopic (exact) mass is 344 g/mol. The highest BCUT2D eigenvalue weighted by Gasteiger charge is 2.41. The van der Waals surface area contributed by atoms with Gasteiger partial charge >= 0.3 is 5.97 Å². The number of benzene rings is 1. The van der Waals surface area contributed by atoms with E-state index in [1.807, 2.05) is 6.92 Å². The number of nitrogens with one attached hydrogen (secondary N) is 2. The lowest BCUT2D eigenvalue weighted by Gasteiger charge is -2.34. The topological polar surface area (TPSA) is 95.5 Å². The van der Waals surface area contributed by atoms with E-state index >= 15 is 0 Å². The number of carboxylic acid groups (broad SMARTS) is 1. The number of rotatable bonds is 5. The van der Waals surface area contributed by atoms with Crippen LogP contribution in [0.2, 0.25) is 0 Å². The molecule has 0 radical (unpaired) electrons. The van der Waals surface area contributed by atoms with Gasteiger partial charge in [0.25, 0.3) is 5.91 Å². The van der Waals surface area contributed by atoms with Crippen molar-refractivity contribution in [2.75, 3.05) is 5.32 Å². The molecule has 1 aromatic rings. The molecule has 2 fully saturated rings. The lowest BCUT2D eigenvalue weighted by Crippen LogP contribution is -2.55. The third-order valence-corrected chi connectivity index (χ3v) is 5.33. The molecular weight excluding hydrogens is 320 g/mol. The summed E-state index contributed by atoms with van der Waals surface area (Å²) in [6.45, 7) is 2.04. The van der Waals surface area contributed by atoms with E-state index in [4.69, 9.17) is 0 Å². The van der Waals surface area contributed by atoms with Gasteiger partial charge in [0.1, 0.15) is 5.54 Å². The minimum absolute atomic E-state index is 0.0109. The zero-order valence-electron chi connectivity index (χ0n) is 14.4. The first-order valence-electron chi connectivity index (χ1n) is 8.88. The minimum Gasteiger partial charge on any atom is -0.480 e. The van der Waals surface area contributed by atoms with Gasteiger partial charge in [-0.1, -0.05) is 26.2 Å². The number of amides is 2. The average Bonchev–Trinajstić information content (AvgIpc) is 3.33. The second-order valence-electron chi connectivity index (χ2n) is 7.29. The molecule has 6 heteroatoms. The fourth-order valence-electron chi connectivity index (χ4n) is 3.46. The number of aliphatic carboxylic acids is 1. The predicted octanol–water partition coefficient (Wildman–Crippen LogP) is 2.80. The van der Waals surface area contributed by atoms with Crippen molar-refractivity contribution in [2.45, 2.75) is 51.0 Å². The van der Waals surface area contributed by atoms with Gasteiger partial charge in [-0.3, -0.25) is 9.59 Å². The molecular formula is C19H24N2O4. The van der Waals surface area contributed by atoms with Crippen LogP contribution < -0.4 is 10.6 Å². The smallest absolute Gasteiger partial charge is 0.329 e. The molecule has 2 aliphatic rings. The number of anilines is 1. The van der Waals surface area contributed by atoms with Crippen molar-refractivity contribution in [3.63, 3.8) is 0 Å². The van der Waals surface area contributed by atoms with Gasteiger partial charge in [0.15, 0.2) is 0 Å². The van der Waals surface area contributed by atoms with E-state index in [0.717, 1.165) is 25.7 Å². The number of hydrogen-bond donors (Lipinski definition) is 3. The molecule has 0 aromatic heterocycles. The van der Waals surface area contributed by atoms with E-state index in [-0.39, 0.29) is 11.8 Å². The summed E-state index contributed by atoms with van der Waals surface area (Å²) in [7, 11) is 0. The van der Waals surface area contributed by atoms with Crippen LogP contribution in [0.3, 0.4) is 0 Å². The van der Waals surface area contributed by atoms with Crippen molar-refractivity contribution in [2.24, 2.45) is 11.8 Å². The maximum Gasteiger partial charge on any atom is 0.329 e. The highest BCUT2D eigenvalue weighted by Crippen LogP contribution is 2.38. The Kier molecular flexibility index (Phi) is 4.79. The molecule has 0 spiro atoms. The normalized spacial score (nSPS) is 24.2. The van der Waals surface area contributed by atoms with Gasteiger partial charge in [0.2, 0.25) is 5.91 Å². The summed E-state index contributed by atoms with van der Waals surface area (Å²) in [5, 5.41) is 15.1. The highest BCUT2D eigenvalue weighted by atomic mass is 16.4. The second-order valence-corrected chi connectivity index (χ2v) is 7.29. The second kappa shape index (κ2) is 6.86. The molecule has 2 amide bonds. The quantitative estimate of drug-likeness (QED) is 0.765. The van der Waals surface area contributed by atoms with Gasteiger partial charge in [-0.05, 0) is 49.4 Å². The van der Waals surface area contributed by atoms with Crippen LogP contribution in [0, 0.1) is 11.8 Å². The van der Waals surface area contributed by atoms with Crippen LogP contribution in [0.5, 0.6) is 0 Å². The highest BCUT2D eigenvalue weighted by molar-refractivity contribution is 5.99. The molecule has 134 valence electrons. The third kappa shape index (κ3) is 3.83. The molecule has 0 saturated heterocycles. The van der Waals surface area contributed by atoms with E-state index in [2.05, 4.69) is 10.6 Å². The van der Waals surface area contributed by atoms with E-state index in [0.29, 0.717) is 30.0 Å². The SMILES string of the molecule is C[C@@H]1C[C@H]1C(=O)Nc1ccc(C(=O)NC2(C(=O)O)CCCCC2)cc1. The van der Waals surface area contributed by atoms with Crippen LogP contribution in [0.25, 0.3) is 0 Å². The fourth-order valence-corrected chi connectivity index (χ4v) is 3.46. The standard InChI is InChI=1S/C19H24N2O4/c1-12-11-15(12)17(23)20-14-7-5-13(6-8-14)16(22)21-19(18(24)25)9-3-2-4-10-19/h5-8,12,15H,2-4,9-11H2,1H3,(H,20,23)(H,21,22)(H,24,25)/t12-,15-/m1/s1. The van der Waals surface area contributed by atoms with Crippen molar-refractivity contribution < 1.29 is 19.5 Å². The summed E-state index contributed by atoms with van der Waals surface area (Å²) in [6.07, 6.45) is 4.44. The first-order chi connectivity index (χ1) is 11.9. The van der Waals surface area contributed by atoms with Crippen LogP contribution in [0.15, 0.2) is 24.3 Å². The first kappa shape index (κ1) is 17.5. The first-order valence-corrected chi connectivity index (χ1v) is 8.88. The molecule has 6 nitrogen and oxygen atoms in total. The van der Waals surface area contributed by atoms with E-state index in [1.54, 1.807) is 24.3 Å². The zero-order valence-corrected chi connectivity index (χ0v) is 14.4. The Morgan fingerprint density at radius 2 is 1.68 bits per heavy atom. The Balaban J connectivity index is 1.64. The van der Waals surface area contributed by atoms with Crippen LogP contribution in [0.4, 0.5) is 5.69 Å². The van der Waals surface area contributed by atoms with Crippen molar-refractivity contribution in [3.05, 3.63) is 29.8 Å². The van der Waals surface area contributed by atoms with Crippen LogP contribution in [-0.4, -0.2) is 28.4 Å². The fraction of sp³-hybridized carbons (Fsp3) is 0.526. The lowest BCUT2D eigenvalue weighted by molar-refractivity contribution is -0.146. The van der Waals surface area contributed by atoms with Gasteiger partial charge in [0, 0.05) is 17.2 Å². The molecule has 25 heavy (non-hydrogen) atoms. The maximum atomic E-state index is 12.5. The number of carbonyl (C=O) groups excluding carboxylic acids is 2. The molecule has 0 bridgehead atoms. The third-order valence-electron chi connectivity index (χ3n) is 5.33. The molecule has 0 unspecified atom stereocenters. The Labute approximate surface area is 147 Å². The summed E-state index contributed by atoms with van der Waals surface area (Å²) in [4.78, 5) is 36.0. The molecule has 3 N–H and O–H groups in total. The van der Waals surface area contributed by atoms with Gasteiger partial charge in [-0.25, -0.2) is 4.79 Å². The molecule has 3 rings (SSSR count). The molecule has 1 aromatic carbocycles. The largest absolute Gasteiger partial charge is 0.480 e. The number of carbonyl (C=O) groups is 3. The van der Waals surface area contributed by atoms with Gasteiger partial charge in [0.05, 0.1) is 0 Å². The molecule has 2 aliphatic carbocycles. The summed E-state index contributed by atoms with van der Waals surface area (Å²) < 4.78 is 0. The van der Waals surface area contributed by atoms with E-state index < -0.39 is 17.4 Å². The van der Waals surface area contributed by atoms with Crippen LogP contribution in [-0.2, 0) is 9.59 Å². The Morgan fingerprint density at radius 1 is 1.08 bits per heavy atom. The maximum absolute atomic E-state index is 12.5. The Morgan fingerprint density at radius 3 is 2.20 bits per heavy atom. The van der Waals surface area contributed by atoms with Crippen molar-refractivity contribution in [3.8, 4) is 0 Å². The minimum atomic E-state index is -1.16. The molecule has 0 aliphatic heterocycles. The average molecular weight is 344 g/mol. The van der Waals surface area contributed by atoms with Crippen molar-refractivity contribution in [1.29, 1.82) is 0 Å². The summed E-state index contributed by atoms with van der Waals surface area (Å²) >= 11 is 0. The van der Waals surface area contributed by atoms with E-state index in [1.165, 1.54) is 0 Å². The number of hydrogen-bond acceptors (Lipinski definition) is 3. The van der Waals surface area contributed by atoms with Crippen molar-refractivity contribution in [1.82, 2.24) is 5.32 Å². The lowest BCUT2D eigenvalue weighted by atomic mass is 9.81.